The molecule has 0 spiro atoms. The van der Waals surface area contributed by atoms with Crippen LogP contribution >= 0.6 is 0 Å². The van der Waals surface area contributed by atoms with Crippen molar-refractivity contribution in [1.29, 1.82) is 0 Å². The summed E-state index contributed by atoms with van der Waals surface area (Å²) in [5.74, 6) is 0. The van der Waals surface area contributed by atoms with Crippen LogP contribution in [0.3, 0.4) is 0 Å². The second-order valence-electron chi connectivity index (χ2n) is 5.44. The first-order valence-corrected chi connectivity index (χ1v) is 7.19. The number of hydrogen-bond acceptors (Lipinski definition) is 3. The number of hydrogen-bond donors (Lipinski definition) is 2. The average molecular weight is 277 g/mol. The van der Waals surface area contributed by atoms with Crippen molar-refractivity contribution in [1.82, 2.24) is 15.2 Å². The van der Waals surface area contributed by atoms with Gasteiger partial charge in [0.05, 0.1) is 12.6 Å². The van der Waals surface area contributed by atoms with Crippen LogP contribution in [0.1, 0.15) is 36.1 Å². The van der Waals surface area contributed by atoms with Gasteiger partial charge in [0, 0.05) is 25.0 Å². The summed E-state index contributed by atoms with van der Waals surface area (Å²) in [4.78, 5) is 18.2. The van der Waals surface area contributed by atoms with E-state index in [0.717, 1.165) is 42.6 Å². The van der Waals surface area contributed by atoms with E-state index in [1.807, 2.05) is 26.1 Å². The molecule has 1 saturated heterocycles. The minimum Gasteiger partial charge on any atom is -0.394 e. The zero-order chi connectivity index (χ0) is 14.5. The number of carbonyl (C=O) groups excluding carboxylic acids is 1. The SMILES string of the molecule is Cc1cc(C)c(CNC(=O)N2CCCCC2CO)cn1. The molecule has 0 aliphatic carbocycles. The predicted octanol–water partition coefficient (Wildman–Crippen LogP) is 1.75. The first-order chi connectivity index (χ1) is 9.61. The predicted molar refractivity (Wildman–Crippen MR) is 77.4 cm³/mol. The minimum atomic E-state index is -0.0938. The van der Waals surface area contributed by atoms with E-state index in [-0.39, 0.29) is 18.7 Å². The number of aryl methyl sites for hydroxylation is 2. The zero-order valence-corrected chi connectivity index (χ0v) is 12.2. The Balaban J connectivity index is 1.94. The summed E-state index contributed by atoms with van der Waals surface area (Å²) < 4.78 is 0. The highest BCUT2D eigenvalue weighted by Gasteiger charge is 2.25. The molecule has 0 saturated carbocycles. The standard InChI is InChI=1S/C15H23N3O2/c1-11-7-12(2)16-8-13(11)9-17-15(20)18-6-4-3-5-14(18)10-19/h7-8,14,19H,3-6,9-10H2,1-2H3,(H,17,20). The number of nitrogens with one attached hydrogen (secondary N) is 1. The van der Waals surface area contributed by atoms with Gasteiger partial charge in [0.1, 0.15) is 0 Å². The lowest BCUT2D eigenvalue weighted by atomic mass is 10.0. The van der Waals surface area contributed by atoms with Gasteiger partial charge in [0.2, 0.25) is 0 Å². The Kier molecular flexibility index (Phi) is 4.95. The van der Waals surface area contributed by atoms with Crippen LogP contribution in [-0.2, 0) is 6.54 Å². The molecular formula is C15H23N3O2. The van der Waals surface area contributed by atoms with Crippen LogP contribution in [0.4, 0.5) is 4.79 Å². The van der Waals surface area contributed by atoms with Gasteiger partial charge in [-0.05, 0) is 50.3 Å². The van der Waals surface area contributed by atoms with Crippen LogP contribution in [-0.4, -0.2) is 40.2 Å². The topological polar surface area (TPSA) is 65.5 Å². The Hall–Kier alpha value is -1.62. The fraction of sp³-hybridized carbons (Fsp3) is 0.600. The Morgan fingerprint density at radius 2 is 2.30 bits per heavy atom. The van der Waals surface area contributed by atoms with Gasteiger partial charge < -0.3 is 15.3 Å². The Bertz CT molecular complexity index is 476. The summed E-state index contributed by atoms with van der Waals surface area (Å²) in [5, 5.41) is 12.3. The number of piperidine rings is 1. The smallest absolute Gasteiger partial charge is 0.317 e. The summed E-state index contributed by atoms with van der Waals surface area (Å²) in [5.41, 5.74) is 3.14. The van der Waals surface area contributed by atoms with Gasteiger partial charge in [-0.2, -0.15) is 0 Å². The third kappa shape index (κ3) is 3.48. The highest BCUT2D eigenvalue weighted by molar-refractivity contribution is 5.74. The molecule has 1 unspecified atom stereocenters. The summed E-state index contributed by atoms with van der Waals surface area (Å²) in [6, 6.07) is 1.88. The first-order valence-electron chi connectivity index (χ1n) is 7.19. The molecule has 1 fully saturated rings. The molecule has 1 atom stereocenters. The van der Waals surface area contributed by atoms with E-state index >= 15 is 0 Å². The van der Waals surface area contributed by atoms with E-state index < -0.39 is 0 Å². The summed E-state index contributed by atoms with van der Waals surface area (Å²) >= 11 is 0. The van der Waals surface area contributed by atoms with Gasteiger partial charge in [-0.15, -0.1) is 0 Å². The number of aliphatic hydroxyl groups excluding tert-OH is 1. The molecule has 110 valence electrons. The molecule has 0 bridgehead atoms. The summed E-state index contributed by atoms with van der Waals surface area (Å²) in [6.07, 6.45) is 4.78. The van der Waals surface area contributed by atoms with E-state index in [2.05, 4.69) is 10.3 Å². The van der Waals surface area contributed by atoms with Crippen molar-refractivity contribution in [2.24, 2.45) is 0 Å². The number of likely N-dealkylation sites (tertiary alicyclic amines) is 1. The highest BCUT2D eigenvalue weighted by Crippen LogP contribution is 2.16. The zero-order valence-electron chi connectivity index (χ0n) is 12.2. The molecule has 0 radical (unpaired) electrons. The average Bonchev–Trinajstić information content (AvgIpc) is 2.46. The van der Waals surface area contributed by atoms with Gasteiger partial charge in [-0.3, -0.25) is 4.98 Å². The van der Waals surface area contributed by atoms with Crippen molar-refractivity contribution < 1.29 is 9.90 Å². The van der Waals surface area contributed by atoms with E-state index in [0.29, 0.717) is 6.54 Å². The van der Waals surface area contributed by atoms with Gasteiger partial charge in [0.15, 0.2) is 0 Å². The molecule has 2 rings (SSSR count). The third-order valence-corrected chi connectivity index (χ3v) is 3.88. The van der Waals surface area contributed by atoms with Crippen LogP contribution in [0.2, 0.25) is 0 Å². The van der Waals surface area contributed by atoms with Gasteiger partial charge >= 0.3 is 6.03 Å². The van der Waals surface area contributed by atoms with E-state index in [1.165, 1.54) is 0 Å². The van der Waals surface area contributed by atoms with Gasteiger partial charge in [0.25, 0.3) is 0 Å². The van der Waals surface area contributed by atoms with E-state index in [1.54, 1.807) is 4.90 Å². The number of amides is 2. The van der Waals surface area contributed by atoms with Crippen molar-refractivity contribution in [2.75, 3.05) is 13.2 Å². The number of pyridine rings is 1. The van der Waals surface area contributed by atoms with Crippen molar-refractivity contribution >= 4 is 6.03 Å². The second kappa shape index (κ2) is 6.70. The minimum absolute atomic E-state index is 0.0402. The highest BCUT2D eigenvalue weighted by atomic mass is 16.3. The van der Waals surface area contributed by atoms with Crippen LogP contribution in [0, 0.1) is 13.8 Å². The molecule has 2 heterocycles. The molecule has 2 amide bonds. The van der Waals surface area contributed by atoms with Crippen molar-refractivity contribution in [2.45, 2.75) is 45.7 Å². The van der Waals surface area contributed by atoms with Crippen molar-refractivity contribution in [3.63, 3.8) is 0 Å². The van der Waals surface area contributed by atoms with Crippen LogP contribution in [0.25, 0.3) is 0 Å². The van der Waals surface area contributed by atoms with Crippen molar-refractivity contribution in [3.8, 4) is 0 Å². The maximum Gasteiger partial charge on any atom is 0.317 e. The number of aromatic nitrogens is 1. The van der Waals surface area contributed by atoms with E-state index in [9.17, 15) is 9.90 Å². The largest absolute Gasteiger partial charge is 0.394 e. The monoisotopic (exact) mass is 277 g/mol. The summed E-state index contributed by atoms with van der Waals surface area (Å²) in [7, 11) is 0. The number of nitrogens with zero attached hydrogens (tertiary/aromatic N) is 2. The molecule has 5 nitrogen and oxygen atoms in total. The van der Waals surface area contributed by atoms with Crippen LogP contribution in [0.15, 0.2) is 12.3 Å². The molecule has 1 aromatic heterocycles. The Labute approximate surface area is 120 Å². The molecule has 20 heavy (non-hydrogen) atoms. The molecule has 1 aromatic rings. The Morgan fingerprint density at radius 3 is 3.00 bits per heavy atom. The first kappa shape index (κ1) is 14.8. The maximum atomic E-state index is 12.2. The molecular weight excluding hydrogens is 254 g/mol. The number of urea groups is 1. The van der Waals surface area contributed by atoms with Crippen LogP contribution in [0.5, 0.6) is 0 Å². The normalized spacial score (nSPS) is 18.9. The molecule has 1 aliphatic heterocycles. The van der Waals surface area contributed by atoms with Crippen molar-refractivity contribution in [3.05, 3.63) is 29.1 Å². The molecule has 5 heteroatoms. The fourth-order valence-electron chi connectivity index (χ4n) is 2.64. The number of aliphatic hydroxyl groups is 1. The second-order valence-corrected chi connectivity index (χ2v) is 5.44. The maximum absolute atomic E-state index is 12.2. The molecule has 2 N–H and O–H groups in total. The molecule has 1 aliphatic rings. The van der Waals surface area contributed by atoms with E-state index in [4.69, 9.17) is 0 Å². The number of carbonyl (C=O) groups is 1. The third-order valence-electron chi connectivity index (χ3n) is 3.88. The fourth-order valence-corrected chi connectivity index (χ4v) is 2.64. The van der Waals surface area contributed by atoms with Crippen LogP contribution < -0.4 is 5.32 Å². The quantitative estimate of drug-likeness (QED) is 0.884. The lowest BCUT2D eigenvalue weighted by molar-refractivity contribution is 0.108. The molecule has 0 aromatic carbocycles. The number of rotatable bonds is 3. The lowest BCUT2D eigenvalue weighted by Gasteiger charge is -2.34. The lowest BCUT2D eigenvalue weighted by Crippen LogP contribution is -2.49. The van der Waals surface area contributed by atoms with Gasteiger partial charge in [-0.25, -0.2) is 4.79 Å². The summed E-state index contributed by atoms with van der Waals surface area (Å²) in [6.45, 7) is 5.22. The van der Waals surface area contributed by atoms with Gasteiger partial charge in [-0.1, -0.05) is 0 Å². The Morgan fingerprint density at radius 1 is 1.50 bits per heavy atom.